The van der Waals surface area contributed by atoms with E-state index in [1.54, 1.807) is 0 Å². The Labute approximate surface area is 166 Å². The topological polar surface area (TPSA) is 0 Å². The molecule has 129 valence electrons. The van der Waals surface area contributed by atoms with Crippen LogP contribution >= 0.6 is 17.0 Å². The number of hydrogen-bond acceptors (Lipinski definition) is 0. The van der Waals surface area contributed by atoms with E-state index in [4.69, 9.17) is 17.0 Å². The van der Waals surface area contributed by atoms with Crippen molar-refractivity contribution >= 4 is 22.6 Å². The first kappa shape index (κ1) is 20.5. The second-order valence-corrected chi connectivity index (χ2v) is 12.5. The minimum atomic E-state index is -0.826. The van der Waals surface area contributed by atoms with Crippen molar-refractivity contribution in [3.8, 4) is 0 Å². The van der Waals surface area contributed by atoms with E-state index in [9.17, 15) is 0 Å². The quantitative estimate of drug-likeness (QED) is 0.393. The zero-order chi connectivity index (χ0) is 18.2. The van der Waals surface area contributed by atoms with Gasteiger partial charge < -0.3 is 0 Å². The van der Waals surface area contributed by atoms with E-state index in [1.807, 2.05) is 0 Å². The summed E-state index contributed by atoms with van der Waals surface area (Å²) in [5.74, 6) is 0. The van der Waals surface area contributed by atoms with Crippen molar-refractivity contribution in [3.63, 3.8) is 0 Å². The number of hydrogen-bond donors (Lipinski definition) is 0. The second-order valence-electron chi connectivity index (χ2n) is 8.72. The summed E-state index contributed by atoms with van der Waals surface area (Å²) >= 11 is -0.826. The molecule has 0 bridgehead atoms. The predicted molar refractivity (Wildman–Crippen MR) is 104 cm³/mol. The van der Waals surface area contributed by atoms with E-state index in [-0.39, 0.29) is 16.2 Å². The van der Waals surface area contributed by atoms with Crippen LogP contribution in [0, 0.1) is 22.7 Å². The summed E-state index contributed by atoms with van der Waals surface area (Å²) < 4.78 is 0. The van der Waals surface area contributed by atoms with Crippen molar-refractivity contribution in [3.05, 3.63) is 59.5 Å². The maximum atomic E-state index is 4.93. The first-order valence-electron chi connectivity index (χ1n) is 8.40. The molecular weight excluding hydrogens is 414 g/mol. The van der Waals surface area contributed by atoms with E-state index in [2.05, 4.69) is 84.4 Å². The van der Waals surface area contributed by atoms with Crippen LogP contribution in [0.25, 0.3) is 5.57 Å². The van der Waals surface area contributed by atoms with E-state index in [0.29, 0.717) is 0 Å². The average molecular weight is 442 g/mol. The monoisotopic (exact) mass is 439 g/mol. The number of rotatable bonds is 0. The third-order valence-corrected chi connectivity index (χ3v) is 5.63. The van der Waals surface area contributed by atoms with Gasteiger partial charge in [-0.25, -0.2) is 0 Å². The average Bonchev–Trinajstić information content (AvgIpc) is 2.83. The Morgan fingerprint density at radius 1 is 0.958 bits per heavy atom. The van der Waals surface area contributed by atoms with Crippen molar-refractivity contribution in [2.24, 2.45) is 16.2 Å². The molecule has 0 amide bonds. The van der Waals surface area contributed by atoms with Crippen LogP contribution in [-0.2, 0) is 20.8 Å². The predicted octanol–water partition coefficient (Wildman–Crippen LogP) is 7.42. The van der Waals surface area contributed by atoms with Crippen LogP contribution in [-0.4, -0.2) is 0 Å². The van der Waals surface area contributed by atoms with Crippen molar-refractivity contribution in [1.29, 1.82) is 0 Å². The Kier molecular flexibility index (Phi) is 6.33. The Hall–Kier alpha value is 0.163. The van der Waals surface area contributed by atoms with Gasteiger partial charge in [-0.15, -0.1) is 0 Å². The van der Waals surface area contributed by atoms with Gasteiger partial charge in [0.2, 0.25) is 0 Å². The standard InChI is InChI=1S/C21H27.2ClH.Zr/c1-19(2,3)21(20(4,5)6)12-11-16-13-15-9-7-8-10-17(15)18(16)14-21;;;/h7-13H,14H2,1-6H3;2*1H;/q;;;+2/p-2. The number of benzene rings is 1. The second kappa shape index (κ2) is 7.42. The SMILES string of the molecule is CC(C)(C)C1(C(C)(C)C)C=CC2=C(C1)c1ccccc1[CH]2.[Cl][Zr][Cl]. The summed E-state index contributed by atoms with van der Waals surface area (Å²) in [7, 11) is 9.87. The van der Waals surface area contributed by atoms with Crippen LogP contribution in [0.4, 0.5) is 0 Å². The molecule has 0 atom stereocenters. The number of halogens is 2. The van der Waals surface area contributed by atoms with Gasteiger partial charge in [-0.2, -0.15) is 0 Å². The van der Waals surface area contributed by atoms with E-state index < -0.39 is 20.8 Å². The van der Waals surface area contributed by atoms with E-state index in [1.165, 1.54) is 22.3 Å². The summed E-state index contributed by atoms with van der Waals surface area (Å²) in [6.45, 7) is 14.3. The third kappa shape index (κ3) is 3.65. The van der Waals surface area contributed by atoms with Crippen LogP contribution in [0.15, 0.2) is 42.0 Å². The number of fused-ring (bicyclic) bond motifs is 2. The molecule has 3 heteroatoms. The fourth-order valence-electron chi connectivity index (χ4n) is 4.38. The van der Waals surface area contributed by atoms with Gasteiger partial charge in [0.1, 0.15) is 0 Å². The summed E-state index contributed by atoms with van der Waals surface area (Å²) in [4.78, 5) is 0. The molecule has 0 heterocycles. The Morgan fingerprint density at radius 2 is 1.50 bits per heavy atom. The van der Waals surface area contributed by atoms with Crippen LogP contribution in [0.2, 0.25) is 0 Å². The molecule has 1 aromatic carbocycles. The molecular formula is C21H27Cl2Zr. The van der Waals surface area contributed by atoms with Crippen molar-refractivity contribution in [1.82, 2.24) is 0 Å². The molecule has 2 aliphatic carbocycles. The van der Waals surface area contributed by atoms with Crippen molar-refractivity contribution in [2.45, 2.75) is 48.0 Å². The molecule has 24 heavy (non-hydrogen) atoms. The molecule has 0 aromatic heterocycles. The van der Waals surface area contributed by atoms with Gasteiger partial charge in [0.05, 0.1) is 0 Å². The molecule has 1 radical (unpaired) electrons. The molecule has 0 fully saturated rings. The molecule has 0 saturated carbocycles. The molecule has 0 unspecified atom stereocenters. The van der Waals surface area contributed by atoms with Gasteiger partial charge in [0.15, 0.2) is 0 Å². The fourth-order valence-corrected chi connectivity index (χ4v) is 4.38. The first-order chi connectivity index (χ1) is 11.1. The van der Waals surface area contributed by atoms with E-state index >= 15 is 0 Å². The Morgan fingerprint density at radius 3 is 2.04 bits per heavy atom. The molecule has 0 nitrogen and oxygen atoms in total. The molecule has 0 aliphatic heterocycles. The zero-order valence-corrected chi connectivity index (χ0v) is 19.5. The summed E-state index contributed by atoms with van der Waals surface area (Å²) in [6, 6.07) is 8.82. The van der Waals surface area contributed by atoms with Crippen LogP contribution in [0.3, 0.4) is 0 Å². The van der Waals surface area contributed by atoms with Gasteiger partial charge in [0, 0.05) is 11.8 Å². The molecule has 2 aliphatic rings. The third-order valence-electron chi connectivity index (χ3n) is 5.63. The fraction of sp³-hybridized carbons (Fsp3) is 0.476. The van der Waals surface area contributed by atoms with Gasteiger partial charge >= 0.3 is 37.9 Å². The van der Waals surface area contributed by atoms with Crippen molar-refractivity contribution < 1.29 is 20.8 Å². The minimum absolute atomic E-state index is 0.185. The first-order valence-corrected chi connectivity index (χ1v) is 14.7. The molecule has 0 N–H and O–H groups in total. The summed E-state index contributed by atoms with van der Waals surface area (Å²) in [5, 5.41) is 0. The van der Waals surface area contributed by atoms with Crippen LogP contribution in [0.1, 0.15) is 59.1 Å². The van der Waals surface area contributed by atoms with Crippen molar-refractivity contribution in [2.75, 3.05) is 0 Å². The van der Waals surface area contributed by atoms with Crippen LogP contribution in [0.5, 0.6) is 0 Å². The normalized spacial score (nSPS) is 18.5. The van der Waals surface area contributed by atoms with Gasteiger partial charge in [0.25, 0.3) is 0 Å². The Balaban J connectivity index is 0.000000647. The zero-order valence-electron chi connectivity index (χ0n) is 15.5. The van der Waals surface area contributed by atoms with E-state index in [0.717, 1.165) is 6.42 Å². The molecule has 1 aromatic rings. The molecule has 0 saturated heterocycles. The molecule has 0 spiro atoms. The van der Waals surface area contributed by atoms with Gasteiger partial charge in [-0.1, -0.05) is 78.0 Å². The summed E-state index contributed by atoms with van der Waals surface area (Å²) in [5.41, 5.74) is 6.43. The Bertz CT molecular complexity index is 643. The molecule has 3 rings (SSSR count). The van der Waals surface area contributed by atoms with Gasteiger partial charge in [-0.3, -0.25) is 0 Å². The maximum absolute atomic E-state index is 4.93. The number of allylic oxidation sites excluding steroid dienone is 4. The van der Waals surface area contributed by atoms with Gasteiger partial charge in [-0.05, 0) is 39.5 Å². The van der Waals surface area contributed by atoms with Crippen LogP contribution < -0.4 is 0 Å². The summed E-state index contributed by atoms with van der Waals surface area (Å²) in [6.07, 6.45) is 8.35.